The highest BCUT2D eigenvalue weighted by Crippen LogP contribution is 2.22. The number of carbonyl (C=O) groups excluding carboxylic acids is 1. The van der Waals surface area contributed by atoms with Crippen LogP contribution in [0.4, 0.5) is 0 Å². The number of aromatic nitrogens is 1. The fourth-order valence-corrected chi connectivity index (χ4v) is 2.37. The normalized spacial score (nSPS) is 10.6. The lowest BCUT2D eigenvalue weighted by Crippen LogP contribution is -2.29. The molecule has 0 spiro atoms. The molecule has 1 aromatic heterocycles. The molecule has 1 aromatic carbocycles. The van der Waals surface area contributed by atoms with Gasteiger partial charge in [-0.05, 0) is 25.0 Å². The van der Waals surface area contributed by atoms with E-state index >= 15 is 0 Å². The summed E-state index contributed by atoms with van der Waals surface area (Å²) in [6.07, 6.45) is 3.03. The van der Waals surface area contributed by atoms with Crippen LogP contribution in [0.2, 0.25) is 0 Å². The van der Waals surface area contributed by atoms with Crippen molar-refractivity contribution in [1.82, 2.24) is 9.47 Å². The summed E-state index contributed by atoms with van der Waals surface area (Å²) in [7, 11) is 1.86. The minimum absolute atomic E-state index is 0.0934. The number of aryl methyl sites for hydroxylation is 1. The Labute approximate surface area is 120 Å². The molecule has 106 valence electrons. The Balaban J connectivity index is 2.35. The predicted octanol–water partition coefficient (Wildman–Crippen LogP) is 3.66. The second-order valence-electron chi connectivity index (χ2n) is 4.99. The first kappa shape index (κ1) is 14.4. The number of hydrogen-bond donors (Lipinski definition) is 0. The van der Waals surface area contributed by atoms with Gasteiger partial charge >= 0.3 is 0 Å². The van der Waals surface area contributed by atoms with Crippen molar-refractivity contribution in [3.8, 4) is 11.1 Å². The van der Waals surface area contributed by atoms with Crippen molar-refractivity contribution in [3.05, 3.63) is 48.3 Å². The smallest absolute Gasteiger partial charge is 0.270 e. The van der Waals surface area contributed by atoms with Crippen LogP contribution in [0.25, 0.3) is 11.1 Å². The first-order chi connectivity index (χ1) is 9.67. The predicted molar refractivity (Wildman–Crippen MR) is 82.8 cm³/mol. The fourth-order valence-electron chi connectivity index (χ4n) is 2.37. The molecule has 2 rings (SSSR count). The molecule has 0 radical (unpaired) electrons. The molecule has 0 unspecified atom stereocenters. The summed E-state index contributed by atoms with van der Waals surface area (Å²) < 4.78 is 2.02. The van der Waals surface area contributed by atoms with E-state index in [9.17, 15) is 4.79 Å². The SMILES string of the molecule is CCCN(C)C(=O)c1cc(-c2ccccc2)cn1CC. The lowest BCUT2D eigenvalue weighted by Gasteiger charge is -2.16. The summed E-state index contributed by atoms with van der Waals surface area (Å²) in [6, 6.07) is 12.2. The van der Waals surface area contributed by atoms with E-state index in [1.54, 1.807) is 4.90 Å². The molecule has 0 aliphatic carbocycles. The van der Waals surface area contributed by atoms with Gasteiger partial charge in [0.25, 0.3) is 5.91 Å². The van der Waals surface area contributed by atoms with Crippen molar-refractivity contribution in [2.75, 3.05) is 13.6 Å². The quantitative estimate of drug-likeness (QED) is 0.814. The van der Waals surface area contributed by atoms with Gasteiger partial charge < -0.3 is 9.47 Å². The van der Waals surface area contributed by atoms with Gasteiger partial charge in [-0.3, -0.25) is 4.79 Å². The van der Waals surface area contributed by atoms with Gasteiger partial charge in [-0.2, -0.15) is 0 Å². The number of hydrogen-bond acceptors (Lipinski definition) is 1. The van der Waals surface area contributed by atoms with Gasteiger partial charge in [0, 0.05) is 31.9 Å². The van der Waals surface area contributed by atoms with Gasteiger partial charge in [-0.1, -0.05) is 37.3 Å². The van der Waals surface area contributed by atoms with Gasteiger partial charge in [0.05, 0.1) is 0 Å². The van der Waals surface area contributed by atoms with Crippen LogP contribution in [0.15, 0.2) is 42.6 Å². The zero-order valence-corrected chi connectivity index (χ0v) is 12.5. The molecule has 1 amide bonds. The zero-order chi connectivity index (χ0) is 14.5. The van der Waals surface area contributed by atoms with Gasteiger partial charge in [-0.15, -0.1) is 0 Å². The van der Waals surface area contributed by atoms with Gasteiger partial charge in [-0.25, -0.2) is 0 Å². The van der Waals surface area contributed by atoms with E-state index in [1.807, 2.05) is 35.9 Å². The fraction of sp³-hybridized carbons (Fsp3) is 0.353. The Morgan fingerprint density at radius 2 is 1.85 bits per heavy atom. The molecule has 0 atom stereocenters. The third kappa shape index (κ3) is 2.93. The molecule has 0 aliphatic rings. The lowest BCUT2D eigenvalue weighted by molar-refractivity contribution is 0.0784. The summed E-state index contributed by atoms with van der Waals surface area (Å²) in [5.74, 6) is 0.0934. The molecule has 3 nitrogen and oxygen atoms in total. The van der Waals surface area contributed by atoms with E-state index in [0.29, 0.717) is 0 Å². The molecule has 0 aliphatic heterocycles. The average Bonchev–Trinajstić information content (AvgIpc) is 2.91. The number of carbonyl (C=O) groups is 1. The third-order valence-corrected chi connectivity index (χ3v) is 3.47. The van der Waals surface area contributed by atoms with Gasteiger partial charge in [0.15, 0.2) is 0 Å². The summed E-state index contributed by atoms with van der Waals surface area (Å²) in [5, 5.41) is 0. The number of amides is 1. The second-order valence-corrected chi connectivity index (χ2v) is 4.99. The van der Waals surface area contributed by atoms with Crippen molar-refractivity contribution in [2.24, 2.45) is 0 Å². The highest BCUT2D eigenvalue weighted by molar-refractivity contribution is 5.94. The lowest BCUT2D eigenvalue weighted by atomic mass is 10.1. The Morgan fingerprint density at radius 1 is 1.15 bits per heavy atom. The van der Waals surface area contributed by atoms with Crippen LogP contribution in [-0.4, -0.2) is 29.0 Å². The molecule has 0 saturated heterocycles. The molecule has 2 aromatic rings. The van der Waals surface area contributed by atoms with Crippen LogP contribution in [0.5, 0.6) is 0 Å². The Bertz CT molecular complexity index is 572. The monoisotopic (exact) mass is 270 g/mol. The molecule has 3 heteroatoms. The topological polar surface area (TPSA) is 25.2 Å². The Kier molecular flexibility index (Phi) is 4.61. The first-order valence-electron chi connectivity index (χ1n) is 7.18. The Hall–Kier alpha value is -2.03. The highest BCUT2D eigenvalue weighted by atomic mass is 16.2. The molecule has 0 N–H and O–H groups in total. The minimum atomic E-state index is 0.0934. The number of rotatable bonds is 5. The van der Waals surface area contributed by atoms with E-state index in [-0.39, 0.29) is 5.91 Å². The highest BCUT2D eigenvalue weighted by Gasteiger charge is 2.17. The standard InChI is InChI=1S/C17H22N2O/c1-4-11-18(3)17(20)16-12-15(13-19(16)5-2)14-9-7-6-8-10-14/h6-10,12-13H,4-5,11H2,1-3H3. The largest absolute Gasteiger partial charge is 0.343 e. The molecule has 20 heavy (non-hydrogen) atoms. The number of benzene rings is 1. The third-order valence-electron chi connectivity index (χ3n) is 3.47. The van der Waals surface area contributed by atoms with Crippen molar-refractivity contribution in [2.45, 2.75) is 26.8 Å². The summed E-state index contributed by atoms with van der Waals surface area (Å²) in [6.45, 7) is 5.73. The molecular formula is C17H22N2O. The van der Waals surface area contributed by atoms with Crippen LogP contribution >= 0.6 is 0 Å². The van der Waals surface area contributed by atoms with E-state index in [2.05, 4.69) is 32.2 Å². The first-order valence-corrected chi connectivity index (χ1v) is 7.18. The zero-order valence-electron chi connectivity index (χ0n) is 12.5. The van der Waals surface area contributed by atoms with Crippen molar-refractivity contribution >= 4 is 5.91 Å². The van der Waals surface area contributed by atoms with Crippen LogP contribution in [0.3, 0.4) is 0 Å². The molecule has 0 saturated carbocycles. The van der Waals surface area contributed by atoms with Crippen molar-refractivity contribution in [1.29, 1.82) is 0 Å². The molecular weight excluding hydrogens is 248 g/mol. The van der Waals surface area contributed by atoms with E-state index in [0.717, 1.165) is 36.3 Å². The van der Waals surface area contributed by atoms with Crippen LogP contribution < -0.4 is 0 Å². The molecule has 0 fully saturated rings. The maximum absolute atomic E-state index is 12.5. The molecule has 0 bridgehead atoms. The maximum atomic E-state index is 12.5. The minimum Gasteiger partial charge on any atom is -0.343 e. The van der Waals surface area contributed by atoms with E-state index in [1.165, 1.54) is 0 Å². The van der Waals surface area contributed by atoms with Gasteiger partial charge in [0.2, 0.25) is 0 Å². The summed E-state index contributed by atoms with van der Waals surface area (Å²) >= 11 is 0. The van der Waals surface area contributed by atoms with Crippen molar-refractivity contribution < 1.29 is 4.79 Å². The van der Waals surface area contributed by atoms with Gasteiger partial charge in [0.1, 0.15) is 5.69 Å². The van der Waals surface area contributed by atoms with Crippen LogP contribution in [-0.2, 0) is 6.54 Å². The Morgan fingerprint density at radius 3 is 2.45 bits per heavy atom. The maximum Gasteiger partial charge on any atom is 0.270 e. The molecule has 1 heterocycles. The van der Waals surface area contributed by atoms with Crippen molar-refractivity contribution in [3.63, 3.8) is 0 Å². The average molecular weight is 270 g/mol. The van der Waals surface area contributed by atoms with E-state index < -0.39 is 0 Å². The van der Waals surface area contributed by atoms with Crippen LogP contribution in [0, 0.1) is 0 Å². The van der Waals surface area contributed by atoms with Crippen LogP contribution in [0.1, 0.15) is 30.8 Å². The summed E-state index contributed by atoms with van der Waals surface area (Å²) in [4.78, 5) is 14.3. The van der Waals surface area contributed by atoms with E-state index in [4.69, 9.17) is 0 Å². The number of nitrogens with zero attached hydrogens (tertiary/aromatic N) is 2. The second kappa shape index (κ2) is 6.42. The summed E-state index contributed by atoms with van der Waals surface area (Å²) in [5.41, 5.74) is 3.01.